The van der Waals surface area contributed by atoms with E-state index in [1.165, 1.54) is 7.11 Å². The highest BCUT2D eigenvalue weighted by Gasteiger charge is 2.27. The third kappa shape index (κ3) is 2.68. The average Bonchev–Trinajstić information content (AvgIpc) is 2.84. The standard InChI is InChI=1S/C12H14Cl2O3/c1-16-11-6-8(13)7(5-9(11)14)12(15)10-3-2-4-17-10/h5-6,10,12,15H,2-4H2,1H3. The quantitative estimate of drug-likeness (QED) is 0.922. The van der Waals surface area contributed by atoms with E-state index in [9.17, 15) is 5.11 Å². The van der Waals surface area contributed by atoms with Gasteiger partial charge in [-0.15, -0.1) is 0 Å². The molecule has 3 nitrogen and oxygen atoms in total. The molecule has 0 aliphatic carbocycles. The Labute approximate surface area is 110 Å². The zero-order chi connectivity index (χ0) is 12.4. The summed E-state index contributed by atoms with van der Waals surface area (Å²) in [5, 5.41) is 11.1. The van der Waals surface area contributed by atoms with Crippen molar-refractivity contribution in [1.82, 2.24) is 0 Å². The second kappa shape index (κ2) is 5.44. The fourth-order valence-corrected chi connectivity index (χ4v) is 2.49. The van der Waals surface area contributed by atoms with Crippen LogP contribution in [0, 0.1) is 0 Å². The van der Waals surface area contributed by atoms with Crippen LogP contribution in [-0.4, -0.2) is 24.9 Å². The van der Waals surface area contributed by atoms with E-state index >= 15 is 0 Å². The number of aliphatic hydroxyl groups is 1. The lowest BCUT2D eigenvalue weighted by atomic mass is 10.0. The Balaban J connectivity index is 2.28. The lowest BCUT2D eigenvalue weighted by molar-refractivity contribution is -0.00255. The molecule has 1 heterocycles. The highest BCUT2D eigenvalue weighted by Crippen LogP contribution is 2.37. The predicted octanol–water partition coefficient (Wildman–Crippen LogP) is 3.21. The number of ether oxygens (including phenoxy) is 2. The number of aliphatic hydroxyl groups excluding tert-OH is 1. The first-order valence-corrected chi connectivity index (χ1v) is 6.21. The largest absolute Gasteiger partial charge is 0.495 e. The van der Waals surface area contributed by atoms with Gasteiger partial charge in [0.1, 0.15) is 11.9 Å². The Hall–Kier alpha value is -0.480. The van der Waals surface area contributed by atoms with E-state index in [4.69, 9.17) is 32.7 Å². The molecule has 2 atom stereocenters. The van der Waals surface area contributed by atoms with Crippen molar-refractivity contribution in [2.24, 2.45) is 0 Å². The van der Waals surface area contributed by atoms with E-state index in [2.05, 4.69) is 0 Å². The Morgan fingerprint density at radius 1 is 1.41 bits per heavy atom. The van der Waals surface area contributed by atoms with Gasteiger partial charge in [-0.3, -0.25) is 0 Å². The molecule has 2 rings (SSSR count). The SMILES string of the molecule is COc1cc(Cl)c(C(O)C2CCCO2)cc1Cl. The van der Waals surface area contributed by atoms with E-state index in [0.717, 1.165) is 12.8 Å². The number of halogens is 2. The van der Waals surface area contributed by atoms with E-state index in [0.29, 0.717) is 28.0 Å². The van der Waals surface area contributed by atoms with Crippen LogP contribution in [0.15, 0.2) is 12.1 Å². The fourth-order valence-electron chi connectivity index (χ4n) is 1.98. The zero-order valence-corrected chi connectivity index (χ0v) is 11.0. The van der Waals surface area contributed by atoms with E-state index in [1.807, 2.05) is 0 Å². The van der Waals surface area contributed by atoms with Crippen LogP contribution in [-0.2, 0) is 4.74 Å². The summed E-state index contributed by atoms with van der Waals surface area (Å²) in [6.07, 6.45) is 0.857. The van der Waals surface area contributed by atoms with Crippen molar-refractivity contribution in [3.05, 3.63) is 27.7 Å². The van der Waals surface area contributed by atoms with Gasteiger partial charge in [-0.1, -0.05) is 23.2 Å². The third-order valence-electron chi connectivity index (χ3n) is 2.91. The monoisotopic (exact) mass is 276 g/mol. The average molecular weight is 277 g/mol. The lowest BCUT2D eigenvalue weighted by Gasteiger charge is -2.19. The van der Waals surface area contributed by atoms with Crippen molar-refractivity contribution in [3.8, 4) is 5.75 Å². The molecular weight excluding hydrogens is 263 g/mol. The molecule has 0 amide bonds. The Morgan fingerprint density at radius 2 is 2.18 bits per heavy atom. The summed E-state index contributed by atoms with van der Waals surface area (Å²) >= 11 is 12.1. The van der Waals surface area contributed by atoms with Crippen LogP contribution in [0.2, 0.25) is 10.0 Å². The first kappa shape index (κ1) is 13.0. The van der Waals surface area contributed by atoms with Crippen molar-refractivity contribution in [3.63, 3.8) is 0 Å². The molecule has 17 heavy (non-hydrogen) atoms. The minimum atomic E-state index is -0.742. The first-order valence-electron chi connectivity index (χ1n) is 5.46. The van der Waals surface area contributed by atoms with Crippen LogP contribution < -0.4 is 4.74 Å². The van der Waals surface area contributed by atoms with Gasteiger partial charge in [-0.2, -0.15) is 0 Å². The van der Waals surface area contributed by atoms with Crippen LogP contribution in [0.5, 0.6) is 5.75 Å². The molecule has 1 aromatic rings. The molecule has 0 bridgehead atoms. The van der Waals surface area contributed by atoms with Crippen molar-refractivity contribution < 1.29 is 14.6 Å². The lowest BCUT2D eigenvalue weighted by Crippen LogP contribution is -2.17. The van der Waals surface area contributed by atoms with Crippen molar-refractivity contribution in [2.45, 2.75) is 25.0 Å². The molecule has 2 unspecified atom stereocenters. The molecule has 94 valence electrons. The maximum absolute atomic E-state index is 10.2. The predicted molar refractivity (Wildman–Crippen MR) is 66.9 cm³/mol. The molecule has 5 heteroatoms. The van der Waals surface area contributed by atoms with Crippen molar-refractivity contribution >= 4 is 23.2 Å². The van der Waals surface area contributed by atoms with Gasteiger partial charge < -0.3 is 14.6 Å². The molecule has 0 saturated carbocycles. The number of benzene rings is 1. The maximum Gasteiger partial charge on any atom is 0.138 e. The molecule has 0 radical (unpaired) electrons. The second-order valence-corrected chi connectivity index (χ2v) is 4.82. The number of hydrogen-bond acceptors (Lipinski definition) is 3. The van der Waals surface area contributed by atoms with Gasteiger partial charge in [-0.05, 0) is 18.9 Å². The Bertz CT molecular complexity index is 403. The molecule has 1 saturated heterocycles. The number of rotatable bonds is 3. The normalized spacial score (nSPS) is 21.5. The number of hydrogen-bond donors (Lipinski definition) is 1. The summed E-state index contributed by atoms with van der Waals surface area (Å²) in [4.78, 5) is 0. The summed E-state index contributed by atoms with van der Waals surface area (Å²) in [6, 6.07) is 3.24. The summed E-state index contributed by atoms with van der Waals surface area (Å²) in [7, 11) is 1.52. The fraction of sp³-hybridized carbons (Fsp3) is 0.500. The molecule has 1 aliphatic rings. The van der Waals surface area contributed by atoms with E-state index < -0.39 is 6.10 Å². The van der Waals surface area contributed by atoms with Gasteiger partial charge in [0.2, 0.25) is 0 Å². The van der Waals surface area contributed by atoms with Crippen LogP contribution in [0.4, 0.5) is 0 Å². The smallest absolute Gasteiger partial charge is 0.138 e. The molecule has 0 aromatic heterocycles. The molecule has 0 spiro atoms. The molecule has 1 N–H and O–H groups in total. The van der Waals surface area contributed by atoms with Gasteiger partial charge in [0, 0.05) is 18.2 Å². The van der Waals surface area contributed by atoms with Crippen LogP contribution in [0.25, 0.3) is 0 Å². The maximum atomic E-state index is 10.2. The van der Waals surface area contributed by atoms with Crippen LogP contribution >= 0.6 is 23.2 Å². The molecule has 1 fully saturated rings. The van der Waals surface area contributed by atoms with E-state index in [-0.39, 0.29) is 6.10 Å². The zero-order valence-electron chi connectivity index (χ0n) is 9.45. The van der Waals surface area contributed by atoms with E-state index in [1.54, 1.807) is 12.1 Å². The first-order chi connectivity index (χ1) is 8.13. The topological polar surface area (TPSA) is 38.7 Å². The number of methoxy groups -OCH3 is 1. The minimum absolute atomic E-state index is 0.197. The summed E-state index contributed by atoms with van der Waals surface area (Å²) in [5.41, 5.74) is 0.587. The summed E-state index contributed by atoms with van der Waals surface area (Å²) in [5.74, 6) is 0.500. The van der Waals surface area contributed by atoms with Gasteiger partial charge in [-0.25, -0.2) is 0 Å². The van der Waals surface area contributed by atoms with Gasteiger partial charge in [0.15, 0.2) is 0 Å². The Morgan fingerprint density at radius 3 is 2.76 bits per heavy atom. The highest BCUT2D eigenvalue weighted by atomic mass is 35.5. The van der Waals surface area contributed by atoms with Gasteiger partial charge in [0.25, 0.3) is 0 Å². The van der Waals surface area contributed by atoms with Gasteiger partial charge >= 0.3 is 0 Å². The van der Waals surface area contributed by atoms with Crippen LogP contribution in [0.1, 0.15) is 24.5 Å². The second-order valence-electron chi connectivity index (χ2n) is 4.00. The third-order valence-corrected chi connectivity index (χ3v) is 3.53. The minimum Gasteiger partial charge on any atom is -0.495 e. The highest BCUT2D eigenvalue weighted by molar-refractivity contribution is 6.34. The van der Waals surface area contributed by atoms with Gasteiger partial charge in [0.05, 0.1) is 23.3 Å². The molecular formula is C12H14Cl2O3. The summed E-state index contributed by atoms with van der Waals surface area (Å²) < 4.78 is 10.5. The molecule has 1 aliphatic heterocycles. The van der Waals surface area contributed by atoms with Crippen LogP contribution in [0.3, 0.4) is 0 Å². The molecule has 1 aromatic carbocycles. The summed E-state index contributed by atoms with van der Waals surface area (Å²) in [6.45, 7) is 0.684. The van der Waals surface area contributed by atoms with Crippen molar-refractivity contribution in [2.75, 3.05) is 13.7 Å². The Kier molecular flexibility index (Phi) is 4.15. The van der Waals surface area contributed by atoms with Crippen molar-refractivity contribution in [1.29, 1.82) is 0 Å².